The lowest BCUT2D eigenvalue weighted by molar-refractivity contribution is -0.136. The number of imidazole rings is 1. The second kappa shape index (κ2) is 10.0. The van der Waals surface area contributed by atoms with Crippen LogP contribution in [0.25, 0.3) is 16.9 Å². The van der Waals surface area contributed by atoms with Gasteiger partial charge in [0, 0.05) is 44.0 Å². The highest BCUT2D eigenvalue weighted by molar-refractivity contribution is 6.23. The van der Waals surface area contributed by atoms with E-state index in [1.807, 2.05) is 47.0 Å². The number of nitrogens with zero attached hydrogens (tertiary/aromatic N) is 4. The summed E-state index contributed by atoms with van der Waals surface area (Å²) in [5.74, 6) is -2.18. The summed E-state index contributed by atoms with van der Waals surface area (Å²) in [6.07, 6.45) is 5.23. The van der Waals surface area contributed by atoms with E-state index in [1.165, 1.54) is 0 Å². The highest BCUT2D eigenvalue weighted by Crippen LogP contribution is 2.37. The van der Waals surface area contributed by atoms with E-state index in [0.29, 0.717) is 31.5 Å². The molecule has 0 spiro atoms. The van der Waals surface area contributed by atoms with Gasteiger partial charge >= 0.3 is 0 Å². The van der Waals surface area contributed by atoms with Crippen LogP contribution in [0, 0.1) is 0 Å². The molecule has 1 unspecified atom stereocenters. The molecular formula is C32H29N5O5. The van der Waals surface area contributed by atoms with Gasteiger partial charge < -0.3 is 9.51 Å². The zero-order chi connectivity index (χ0) is 29.0. The number of rotatable bonds is 5. The Morgan fingerprint density at radius 3 is 2.43 bits per heavy atom. The lowest BCUT2D eigenvalue weighted by Crippen LogP contribution is -2.54. The average Bonchev–Trinajstić information content (AvgIpc) is 3.53. The smallest absolute Gasteiger partial charge is 0.262 e. The van der Waals surface area contributed by atoms with Crippen LogP contribution in [-0.4, -0.2) is 67.1 Å². The largest absolute Gasteiger partial charge is 0.385 e. The van der Waals surface area contributed by atoms with E-state index in [-0.39, 0.29) is 24.0 Å². The Bertz CT molecular complexity index is 1760. The third-order valence-corrected chi connectivity index (χ3v) is 8.65. The van der Waals surface area contributed by atoms with Gasteiger partial charge in [-0.25, -0.2) is 4.98 Å². The molecule has 0 saturated carbocycles. The summed E-state index contributed by atoms with van der Waals surface area (Å²) in [5, 5.41) is 13.8. The number of imide groups is 2. The molecule has 0 radical (unpaired) electrons. The average molecular weight is 564 g/mol. The molecule has 10 nitrogen and oxygen atoms in total. The standard InChI is InChI=1S/C32H29N5O5/c38-28-11-9-26(29(39)34-28)37-30(40)23-8-7-22(16-24(23)31(37)41)32(42)12-14-35(15-13-32)17-20-6-10-27-33-25(19-36(27)18-20)21-4-2-1-3-5-21/h1-8,10,16,18-19,26,42H,9,11-15,17H2,(H,34,38,39). The van der Waals surface area contributed by atoms with Crippen LogP contribution in [0.5, 0.6) is 0 Å². The fourth-order valence-electron chi connectivity index (χ4n) is 6.27. The maximum Gasteiger partial charge on any atom is 0.262 e. The lowest BCUT2D eigenvalue weighted by atomic mass is 9.83. The van der Waals surface area contributed by atoms with Gasteiger partial charge in [0.2, 0.25) is 11.8 Å². The molecule has 3 aliphatic rings. The Kier molecular flexibility index (Phi) is 6.25. The Balaban J connectivity index is 1.03. The first-order chi connectivity index (χ1) is 20.3. The molecule has 0 bridgehead atoms. The minimum Gasteiger partial charge on any atom is -0.385 e. The van der Waals surface area contributed by atoms with Crippen molar-refractivity contribution < 1.29 is 24.3 Å². The quantitative estimate of drug-likeness (QED) is 0.358. The number of aromatic nitrogens is 2. The molecule has 10 heteroatoms. The van der Waals surface area contributed by atoms with Crippen LogP contribution >= 0.6 is 0 Å². The van der Waals surface area contributed by atoms with E-state index in [1.54, 1.807) is 18.2 Å². The van der Waals surface area contributed by atoms with Crippen molar-refractivity contribution in [3.8, 4) is 11.3 Å². The minimum atomic E-state index is -1.14. The zero-order valence-electron chi connectivity index (χ0n) is 22.8. The third kappa shape index (κ3) is 4.49. The molecule has 4 amide bonds. The molecule has 1 atom stereocenters. The van der Waals surface area contributed by atoms with E-state index < -0.39 is 35.3 Å². The maximum atomic E-state index is 13.2. The van der Waals surface area contributed by atoms with Gasteiger partial charge in [-0.1, -0.05) is 42.5 Å². The van der Waals surface area contributed by atoms with Crippen LogP contribution in [-0.2, 0) is 21.7 Å². The number of pyridine rings is 1. The molecule has 2 aromatic carbocycles. The predicted molar refractivity (Wildman–Crippen MR) is 152 cm³/mol. The Labute approximate surface area is 241 Å². The van der Waals surface area contributed by atoms with Crippen molar-refractivity contribution in [2.45, 2.75) is 43.9 Å². The summed E-state index contributed by atoms with van der Waals surface area (Å²) in [5.41, 5.74) is 3.84. The lowest BCUT2D eigenvalue weighted by Gasteiger charge is -2.38. The van der Waals surface area contributed by atoms with E-state index in [9.17, 15) is 24.3 Å². The summed E-state index contributed by atoms with van der Waals surface area (Å²) in [4.78, 5) is 58.2. The number of benzene rings is 2. The molecule has 5 heterocycles. The second-order valence-electron chi connectivity index (χ2n) is 11.3. The number of hydrogen-bond acceptors (Lipinski definition) is 7. The summed E-state index contributed by atoms with van der Waals surface area (Å²) in [6, 6.07) is 18.0. The van der Waals surface area contributed by atoms with Gasteiger partial charge in [-0.15, -0.1) is 0 Å². The molecule has 2 aromatic heterocycles. The van der Waals surface area contributed by atoms with Crippen molar-refractivity contribution in [2.75, 3.05) is 13.1 Å². The number of likely N-dealkylation sites (tertiary alicyclic amines) is 1. The van der Waals surface area contributed by atoms with Crippen LogP contribution in [0.1, 0.15) is 57.5 Å². The molecule has 3 aliphatic heterocycles. The van der Waals surface area contributed by atoms with E-state index in [0.717, 1.165) is 33.9 Å². The molecule has 42 heavy (non-hydrogen) atoms. The first-order valence-electron chi connectivity index (χ1n) is 14.1. The number of piperidine rings is 2. The second-order valence-corrected chi connectivity index (χ2v) is 11.3. The summed E-state index contributed by atoms with van der Waals surface area (Å²) in [7, 11) is 0. The number of nitrogens with one attached hydrogen (secondary N) is 1. The first kappa shape index (κ1) is 26.2. The molecule has 2 N–H and O–H groups in total. The van der Waals surface area contributed by atoms with Crippen molar-refractivity contribution in [1.29, 1.82) is 0 Å². The maximum absolute atomic E-state index is 13.2. The molecule has 7 rings (SSSR count). The highest BCUT2D eigenvalue weighted by atomic mass is 16.3. The first-order valence-corrected chi connectivity index (χ1v) is 14.1. The van der Waals surface area contributed by atoms with Gasteiger partial charge in [0.1, 0.15) is 11.7 Å². The van der Waals surface area contributed by atoms with Crippen LogP contribution in [0.4, 0.5) is 0 Å². The van der Waals surface area contributed by atoms with Crippen LogP contribution in [0.15, 0.2) is 73.1 Å². The van der Waals surface area contributed by atoms with Crippen molar-refractivity contribution in [2.24, 2.45) is 0 Å². The number of amides is 4. The molecule has 2 fully saturated rings. The van der Waals surface area contributed by atoms with E-state index >= 15 is 0 Å². The fourth-order valence-corrected chi connectivity index (χ4v) is 6.27. The van der Waals surface area contributed by atoms with Gasteiger partial charge in [0.05, 0.1) is 22.4 Å². The third-order valence-electron chi connectivity index (χ3n) is 8.65. The number of carbonyl (C=O) groups excluding carboxylic acids is 4. The molecule has 0 aliphatic carbocycles. The molecule has 212 valence electrons. The van der Waals surface area contributed by atoms with Gasteiger partial charge in [-0.2, -0.15) is 0 Å². The number of hydrogen-bond donors (Lipinski definition) is 2. The molecule has 2 saturated heterocycles. The van der Waals surface area contributed by atoms with Crippen molar-refractivity contribution in [3.05, 3.63) is 95.3 Å². The van der Waals surface area contributed by atoms with E-state index in [2.05, 4.69) is 22.5 Å². The monoisotopic (exact) mass is 563 g/mol. The van der Waals surface area contributed by atoms with Crippen LogP contribution in [0.2, 0.25) is 0 Å². The van der Waals surface area contributed by atoms with E-state index in [4.69, 9.17) is 4.98 Å². The van der Waals surface area contributed by atoms with Gasteiger partial charge in [0.15, 0.2) is 0 Å². The zero-order valence-corrected chi connectivity index (χ0v) is 22.8. The van der Waals surface area contributed by atoms with Gasteiger partial charge in [-0.05, 0) is 48.6 Å². The minimum absolute atomic E-state index is 0.0657. The summed E-state index contributed by atoms with van der Waals surface area (Å²) in [6.45, 7) is 2.03. The SMILES string of the molecule is O=C1CCC(N2C(=O)c3ccc(C4(O)CCN(Cc5ccc6nc(-c7ccccc7)cn6c5)CC4)cc3C2=O)C(=O)N1. The topological polar surface area (TPSA) is 124 Å². The van der Waals surface area contributed by atoms with Crippen molar-refractivity contribution in [1.82, 2.24) is 24.5 Å². The highest BCUT2D eigenvalue weighted by Gasteiger charge is 2.45. The number of aliphatic hydroxyl groups is 1. The predicted octanol–water partition coefficient (Wildman–Crippen LogP) is 2.89. The van der Waals surface area contributed by atoms with Crippen molar-refractivity contribution in [3.63, 3.8) is 0 Å². The Hall–Kier alpha value is -4.67. The van der Waals surface area contributed by atoms with Crippen molar-refractivity contribution >= 4 is 29.3 Å². The summed E-state index contributed by atoms with van der Waals surface area (Å²) < 4.78 is 2.04. The number of fused-ring (bicyclic) bond motifs is 2. The molecular weight excluding hydrogens is 534 g/mol. The van der Waals surface area contributed by atoms with Gasteiger partial charge in [0.25, 0.3) is 11.8 Å². The summed E-state index contributed by atoms with van der Waals surface area (Å²) >= 11 is 0. The Morgan fingerprint density at radius 1 is 0.905 bits per heavy atom. The Morgan fingerprint density at radius 2 is 1.67 bits per heavy atom. The van der Waals surface area contributed by atoms with Crippen LogP contribution < -0.4 is 5.32 Å². The molecule has 4 aromatic rings. The van der Waals surface area contributed by atoms with Gasteiger partial charge in [-0.3, -0.25) is 34.3 Å². The number of carbonyl (C=O) groups is 4. The normalized spacial score (nSPS) is 20.7. The van der Waals surface area contributed by atoms with Crippen LogP contribution in [0.3, 0.4) is 0 Å². The fraction of sp³-hybridized carbons (Fsp3) is 0.281.